The molecule has 3 N–H and O–H groups in total. The van der Waals surface area contributed by atoms with Crippen LogP contribution in [0.1, 0.15) is 25.8 Å². The maximum absolute atomic E-state index is 5.86. The summed E-state index contributed by atoms with van der Waals surface area (Å²) in [4.78, 5) is 0. The van der Waals surface area contributed by atoms with E-state index >= 15 is 0 Å². The summed E-state index contributed by atoms with van der Waals surface area (Å²) in [5.41, 5.74) is 9.06. The van der Waals surface area contributed by atoms with Gasteiger partial charge in [0.2, 0.25) is 0 Å². The van der Waals surface area contributed by atoms with Gasteiger partial charge in [-0.15, -0.1) is 0 Å². The first-order chi connectivity index (χ1) is 8.35. The van der Waals surface area contributed by atoms with Crippen LogP contribution in [0.2, 0.25) is 0 Å². The highest BCUT2D eigenvalue weighted by Gasteiger charge is 2.17. The number of nitrogen functional groups attached to an aromatic ring is 1. The average Bonchev–Trinajstić information content (AvgIpc) is 2.30. The Hall–Kier alpha value is -0.740. The van der Waals surface area contributed by atoms with Crippen molar-refractivity contribution in [2.45, 2.75) is 27.2 Å². The normalized spacial score (nSPS) is 11.6. The van der Waals surface area contributed by atoms with Crippen LogP contribution in [0.25, 0.3) is 0 Å². The van der Waals surface area contributed by atoms with Gasteiger partial charge in [-0.2, -0.15) is 0 Å². The van der Waals surface area contributed by atoms with Gasteiger partial charge in [-0.25, -0.2) is 0 Å². The molecule has 0 aliphatic rings. The molecule has 0 aliphatic heterocycles. The first-order valence-electron chi connectivity index (χ1n) is 6.14. The lowest BCUT2D eigenvalue weighted by atomic mass is 9.89. The van der Waals surface area contributed by atoms with Crippen LogP contribution in [-0.2, 0) is 4.74 Å². The fourth-order valence-electron chi connectivity index (χ4n) is 1.63. The van der Waals surface area contributed by atoms with Gasteiger partial charge < -0.3 is 15.8 Å². The summed E-state index contributed by atoms with van der Waals surface area (Å²) in [6.07, 6.45) is 1.03. The molecular formula is C14H23BrN2O. The van der Waals surface area contributed by atoms with Crippen LogP contribution in [0.5, 0.6) is 0 Å². The van der Waals surface area contributed by atoms with Crippen molar-refractivity contribution in [2.24, 2.45) is 5.41 Å². The standard InChI is InChI=1S/C14H23BrN2O/c1-10-7-13(11(15)8-12(10)16)17-9-14(2,3)5-6-18-4/h7-8,17H,5-6,9,16H2,1-4H3. The van der Waals surface area contributed by atoms with E-state index in [1.807, 2.05) is 13.0 Å². The molecule has 0 fully saturated rings. The fourth-order valence-corrected chi connectivity index (χ4v) is 2.13. The quantitative estimate of drug-likeness (QED) is 0.785. The summed E-state index contributed by atoms with van der Waals surface area (Å²) < 4.78 is 6.14. The smallest absolute Gasteiger partial charge is 0.0489 e. The number of ether oxygens (including phenoxy) is 1. The lowest BCUT2D eigenvalue weighted by Crippen LogP contribution is -2.24. The summed E-state index contributed by atoms with van der Waals surface area (Å²) in [7, 11) is 1.74. The zero-order valence-electron chi connectivity index (χ0n) is 11.6. The van der Waals surface area contributed by atoms with Crippen molar-refractivity contribution < 1.29 is 4.74 Å². The number of aryl methyl sites for hydroxylation is 1. The maximum Gasteiger partial charge on any atom is 0.0489 e. The van der Waals surface area contributed by atoms with Crippen LogP contribution in [0.4, 0.5) is 11.4 Å². The van der Waals surface area contributed by atoms with E-state index in [0.29, 0.717) is 0 Å². The Morgan fingerprint density at radius 1 is 1.39 bits per heavy atom. The molecule has 102 valence electrons. The van der Waals surface area contributed by atoms with E-state index < -0.39 is 0 Å². The topological polar surface area (TPSA) is 47.3 Å². The monoisotopic (exact) mass is 314 g/mol. The van der Waals surface area contributed by atoms with Gasteiger partial charge in [0.25, 0.3) is 0 Å². The van der Waals surface area contributed by atoms with Gasteiger partial charge in [0.05, 0.1) is 0 Å². The van der Waals surface area contributed by atoms with Crippen LogP contribution < -0.4 is 11.1 Å². The predicted molar refractivity (Wildman–Crippen MR) is 82.1 cm³/mol. The summed E-state index contributed by atoms with van der Waals surface area (Å²) in [6, 6.07) is 4.02. The predicted octanol–water partition coefficient (Wildman–Crippen LogP) is 3.81. The second kappa shape index (κ2) is 6.43. The van der Waals surface area contributed by atoms with E-state index in [1.54, 1.807) is 7.11 Å². The summed E-state index contributed by atoms with van der Waals surface area (Å²) >= 11 is 3.53. The summed E-state index contributed by atoms with van der Waals surface area (Å²) in [5.74, 6) is 0. The number of benzene rings is 1. The highest BCUT2D eigenvalue weighted by atomic mass is 79.9. The van der Waals surface area contributed by atoms with Gasteiger partial charge in [0.1, 0.15) is 0 Å². The van der Waals surface area contributed by atoms with E-state index in [2.05, 4.69) is 41.2 Å². The second-order valence-electron chi connectivity index (χ2n) is 5.45. The number of hydrogen-bond donors (Lipinski definition) is 2. The molecule has 0 heterocycles. The molecule has 0 bridgehead atoms. The van der Waals surface area contributed by atoms with Crippen LogP contribution >= 0.6 is 15.9 Å². The maximum atomic E-state index is 5.86. The summed E-state index contributed by atoms with van der Waals surface area (Å²) in [6.45, 7) is 8.17. The first kappa shape index (κ1) is 15.3. The molecule has 0 radical (unpaired) electrons. The van der Waals surface area contributed by atoms with Crippen molar-refractivity contribution in [2.75, 3.05) is 31.3 Å². The second-order valence-corrected chi connectivity index (χ2v) is 6.30. The number of nitrogens with one attached hydrogen (secondary N) is 1. The Bertz CT molecular complexity index is 405. The van der Waals surface area contributed by atoms with Gasteiger partial charge >= 0.3 is 0 Å². The Morgan fingerprint density at radius 3 is 2.67 bits per heavy atom. The third-order valence-electron chi connectivity index (χ3n) is 3.10. The molecule has 3 nitrogen and oxygen atoms in total. The molecule has 1 aromatic rings. The van der Waals surface area contributed by atoms with Crippen molar-refractivity contribution in [3.63, 3.8) is 0 Å². The van der Waals surface area contributed by atoms with Gasteiger partial charge in [-0.3, -0.25) is 0 Å². The highest BCUT2D eigenvalue weighted by molar-refractivity contribution is 9.10. The number of halogens is 1. The number of rotatable bonds is 6. The van der Waals surface area contributed by atoms with Crippen molar-refractivity contribution >= 4 is 27.3 Å². The molecule has 0 atom stereocenters. The van der Waals surface area contributed by atoms with E-state index in [9.17, 15) is 0 Å². The molecule has 0 aliphatic carbocycles. The van der Waals surface area contributed by atoms with Crippen molar-refractivity contribution in [3.8, 4) is 0 Å². The Balaban J connectivity index is 2.66. The first-order valence-corrected chi connectivity index (χ1v) is 6.93. The number of methoxy groups -OCH3 is 1. The van der Waals surface area contributed by atoms with Gasteiger partial charge in [0, 0.05) is 36.1 Å². The third kappa shape index (κ3) is 4.50. The van der Waals surface area contributed by atoms with Crippen molar-refractivity contribution in [3.05, 3.63) is 22.2 Å². The SMILES string of the molecule is COCCC(C)(C)CNc1cc(C)c(N)cc1Br. The van der Waals surface area contributed by atoms with Gasteiger partial charge in [-0.1, -0.05) is 13.8 Å². The Labute approximate surface area is 118 Å². The van der Waals surface area contributed by atoms with E-state index in [1.165, 1.54) is 0 Å². The van der Waals surface area contributed by atoms with Crippen molar-refractivity contribution in [1.29, 1.82) is 0 Å². The van der Waals surface area contributed by atoms with Gasteiger partial charge in [0.15, 0.2) is 0 Å². The van der Waals surface area contributed by atoms with E-state index in [4.69, 9.17) is 10.5 Å². The number of anilines is 2. The molecular weight excluding hydrogens is 292 g/mol. The lowest BCUT2D eigenvalue weighted by Gasteiger charge is -2.25. The molecule has 0 spiro atoms. The fraction of sp³-hybridized carbons (Fsp3) is 0.571. The number of hydrogen-bond acceptors (Lipinski definition) is 3. The Morgan fingerprint density at radius 2 is 2.06 bits per heavy atom. The molecule has 0 saturated heterocycles. The minimum Gasteiger partial charge on any atom is -0.398 e. The minimum atomic E-state index is 0.199. The molecule has 0 saturated carbocycles. The van der Waals surface area contributed by atoms with Gasteiger partial charge in [-0.05, 0) is 52.4 Å². The highest BCUT2D eigenvalue weighted by Crippen LogP contribution is 2.29. The molecule has 1 rings (SSSR count). The van der Waals surface area contributed by atoms with Crippen LogP contribution in [0, 0.1) is 12.3 Å². The lowest BCUT2D eigenvalue weighted by molar-refractivity contribution is 0.157. The van der Waals surface area contributed by atoms with E-state index in [-0.39, 0.29) is 5.41 Å². The molecule has 4 heteroatoms. The van der Waals surface area contributed by atoms with Crippen LogP contribution in [0.15, 0.2) is 16.6 Å². The molecule has 0 aromatic heterocycles. The zero-order chi connectivity index (χ0) is 13.8. The minimum absolute atomic E-state index is 0.199. The zero-order valence-corrected chi connectivity index (χ0v) is 13.2. The molecule has 18 heavy (non-hydrogen) atoms. The van der Waals surface area contributed by atoms with Crippen LogP contribution in [0.3, 0.4) is 0 Å². The molecule has 0 amide bonds. The van der Waals surface area contributed by atoms with Crippen LogP contribution in [-0.4, -0.2) is 20.3 Å². The van der Waals surface area contributed by atoms with E-state index in [0.717, 1.165) is 41.0 Å². The largest absolute Gasteiger partial charge is 0.398 e. The Kier molecular flexibility index (Phi) is 5.47. The third-order valence-corrected chi connectivity index (χ3v) is 3.75. The molecule has 1 aromatic carbocycles. The van der Waals surface area contributed by atoms with Crippen molar-refractivity contribution in [1.82, 2.24) is 0 Å². The molecule has 0 unspecified atom stereocenters. The number of nitrogens with two attached hydrogens (primary N) is 1. The average molecular weight is 315 g/mol. The summed E-state index contributed by atoms with van der Waals surface area (Å²) in [5, 5.41) is 3.47.